The summed E-state index contributed by atoms with van der Waals surface area (Å²) in [4.78, 5) is 59.7. The van der Waals surface area contributed by atoms with Gasteiger partial charge in [-0.15, -0.1) is 6.58 Å². The topological polar surface area (TPSA) is 147 Å². The maximum atomic E-state index is 14.3. The van der Waals surface area contributed by atoms with Crippen LogP contribution in [0, 0.1) is 5.92 Å². The van der Waals surface area contributed by atoms with Crippen LogP contribution in [-0.4, -0.2) is 75.7 Å². The molecule has 262 valence electrons. The minimum absolute atomic E-state index is 0.0109. The molecule has 2 aromatic carbocycles. The zero-order chi connectivity index (χ0) is 35.2. The lowest BCUT2D eigenvalue weighted by Crippen LogP contribution is -2.55. The zero-order valence-corrected chi connectivity index (χ0v) is 28.3. The van der Waals surface area contributed by atoms with E-state index in [1.807, 2.05) is 67.6 Å². The van der Waals surface area contributed by atoms with Crippen LogP contribution < -0.4 is 15.4 Å². The van der Waals surface area contributed by atoms with Gasteiger partial charge in [-0.3, -0.25) is 9.59 Å². The quantitative estimate of drug-likeness (QED) is 0.238. The van der Waals surface area contributed by atoms with Gasteiger partial charge in [0.1, 0.15) is 36.1 Å². The van der Waals surface area contributed by atoms with Crippen LogP contribution in [0.4, 0.5) is 4.79 Å². The van der Waals surface area contributed by atoms with Crippen molar-refractivity contribution in [3.8, 4) is 17.0 Å². The molecular weight excluding hydrogens is 636 g/mol. The van der Waals surface area contributed by atoms with Crippen LogP contribution >= 0.6 is 0 Å². The summed E-state index contributed by atoms with van der Waals surface area (Å²) in [5, 5.41) is 15.9. The lowest BCUT2D eigenvalue weighted by molar-refractivity contribution is -0.144. The molecule has 1 saturated carbocycles. The van der Waals surface area contributed by atoms with Crippen LogP contribution in [0.2, 0.25) is 0 Å². The van der Waals surface area contributed by atoms with Crippen LogP contribution in [0.1, 0.15) is 63.9 Å². The van der Waals surface area contributed by atoms with E-state index in [-0.39, 0.29) is 31.4 Å². The largest absolute Gasteiger partial charge is 0.488 e. The predicted molar refractivity (Wildman–Crippen MR) is 189 cm³/mol. The Balaban J connectivity index is 1.43. The number of aliphatic carboxylic acids is 1. The van der Waals surface area contributed by atoms with E-state index < -0.39 is 48.1 Å². The van der Waals surface area contributed by atoms with E-state index in [0.717, 1.165) is 41.3 Å². The van der Waals surface area contributed by atoms with Gasteiger partial charge in [0.15, 0.2) is 0 Å². The molecule has 3 N–H and O–H groups in total. The molecule has 6 rings (SSSR count). The molecule has 6 atom stereocenters. The van der Waals surface area contributed by atoms with E-state index in [1.54, 1.807) is 0 Å². The summed E-state index contributed by atoms with van der Waals surface area (Å²) in [6, 6.07) is 14.4. The van der Waals surface area contributed by atoms with Gasteiger partial charge in [-0.25, -0.2) is 14.6 Å². The number of alkyl carbamates (subject to hydrolysis) is 1. The number of aromatic nitrogens is 1. The molecule has 2 fully saturated rings. The fourth-order valence-corrected chi connectivity index (χ4v) is 7.12. The molecular formula is C39H44N4O7. The molecule has 1 aliphatic carbocycles. The second-order valence-electron chi connectivity index (χ2n) is 13.3. The molecule has 0 spiro atoms. The number of carboxylic acids is 1. The van der Waals surface area contributed by atoms with Crippen LogP contribution in [0.25, 0.3) is 28.2 Å². The fraction of sp³-hybridized carbons (Fsp3) is 0.410. The van der Waals surface area contributed by atoms with Gasteiger partial charge in [0.2, 0.25) is 11.8 Å². The van der Waals surface area contributed by atoms with Crippen LogP contribution in [0.15, 0.2) is 73.3 Å². The molecule has 3 amide bonds. The van der Waals surface area contributed by atoms with Crippen molar-refractivity contribution in [3.63, 3.8) is 0 Å². The SMILES string of the molecule is C=CCC(NC(=O)[C@@H]1C[C@@H]2CN1C(=O)[C@H](CCCC)NC(=O)O[C@H]1CCC[C@@H]1/C=C/c1ccc3nc(-c4ccccc4)cc(c3c1)O2)C(=O)O. The first-order chi connectivity index (χ1) is 24.2. The standard InChI is InChI=1S/C39H44N4O7/c1-3-5-14-30-37(45)43-23-27(21-33(43)36(44)41-31(10-4-2)38(46)47)49-35-22-32(25-11-7-6-8-12-25)40-29-19-17-24(20-28(29)35)16-18-26-13-9-15-34(26)50-39(48)42-30/h4,6-8,11-12,16-20,22,26-27,30-31,33-34H,2-3,5,9-10,13-15,21,23H2,1H3,(H,41,44)(H,42,48)(H,46,47)/b18-16+/t26-,27-,30+,31?,33+,34+/m1/s1. The minimum atomic E-state index is -1.21. The molecule has 1 saturated heterocycles. The third-order valence-electron chi connectivity index (χ3n) is 9.76. The third kappa shape index (κ3) is 7.82. The van der Waals surface area contributed by atoms with E-state index in [4.69, 9.17) is 14.5 Å². The Hall–Kier alpha value is -5.19. The first kappa shape index (κ1) is 34.7. The molecule has 3 aliphatic rings. The molecule has 50 heavy (non-hydrogen) atoms. The van der Waals surface area contributed by atoms with Gasteiger partial charge in [0.05, 0.1) is 17.8 Å². The minimum Gasteiger partial charge on any atom is -0.488 e. The molecule has 1 unspecified atom stereocenters. The second-order valence-corrected chi connectivity index (χ2v) is 13.3. The Kier molecular flexibility index (Phi) is 10.8. The van der Waals surface area contributed by atoms with Crippen molar-refractivity contribution >= 4 is 40.9 Å². The number of pyridine rings is 1. The predicted octanol–water partition coefficient (Wildman–Crippen LogP) is 5.88. The number of carbonyl (C=O) groups excluding carboxylic acids is 3. The highest BCUT2D eigenvalue weighted by Crippen LogP contribution is 2.35. The fourth-order valence-electron chi connectivity index (χ4n) is 7.12. The number of amides is 3. The Morgan fingerprint density at radius 1 is 1.14 bits per heavy atom. The molecule has 0 radical (unpaired) electrons. The molecule has 2 aliphatic heterocycles. The van der Waals surface area contributed by atoms with Gasteiger partial charge >= 0.3 is 12.1 Å². The average Bonchev–Trinajstić information content (AvgIpc) is 3.75. The summed E-state index contributed by atoms with van der Waals surface area (Å²) >= 11 is 0. The Morgan fingerprint density at radius 3 is 2.72 bits per heavy atom. The first-order valence-corrected chi connectivity index (χ1v) is 17.5. The van der Waals surface area contributed by atoms with Crippen molar-refractivity contribution < 1.29 is 33.8 Å². The maximum absolute atomic E-state index is 14.3. The first-order valence-electron chi connectivity index (χ1n) is 17.5. The Morgan fingerprint density at radius 2 is 1.96 bits per heavy atom. The highest BCUT2D eigenvalue weighted by atomic mass is 16.6. The summed E-state index contributed by atoms with van der Waals surface area (Å²) < 4.78 is 12.6. The zero-order valence-electron chi connectivity index (χ0n) is 28.3. The van der Waals surface area contributed by atoms with Crippen LogP contribution in [0.3, 0.4) is 0 Å². The monoisotopic (exact) mass is 680 g/mol. The number of benzene rings is 2. The van der Waals surface area contributed by atoms with Gasteiger partial charge in [-0.1, -0.05) is 74.4 Å². The molecule has 3 aromatic rings. The summed E-state index contributed by atoms with van der Waals surface area (Å²) in [7, 11) is 0. The number of carboxylic acid groups (broad SMARTS) is 1. The molecule has 11 nitrogen and oxygen atoms in total. The number of ether oxygens (including phenoxy) is 2. The number of hydrogen-bond donors (Lipinski definition) is 3. The van der Waals surface area contributed by atoms with Crippen molar-refractivity contribution in [2.75, 3.05) is 6.54 Å². The van der Waals surface area contributed by atoms with Crippen molar-refractivity contribution in [2.24, 2.45) is 5.92 Å². The van der Waals surface area contributed by atoms with Crippen LogP contribution in [0.5, 0.6) is 5.75 Å². The van der Waals surface area contributed by atoms with Crippen molar-refractivity contribution in [1.29, 1.82) is 0 Å². The molecule has 11 heteroatoms. The second kappa shape index (κ2) is 15.6. The van der Waals surface area contributed by atoms with Gasteiger partial charge in [0, 0.05) is 29.4 Å². The van der Waals surface area contributed by atoms with E-state index in [0.29, 0.717) is 30.7 Å². The summed E-state index contributed by atoms with van der Waals surface area (Å²) in [6.45, 7) is 5.65. The third-order valence-corrected chi connectivity index (χ3v) is 9.76. The number of unbranched alkanes of at least 4 members (excludes halogenated alkanes) is 1. The van der Waals surface area contributed by atoms with E-state index in [1.165, 1.54) is 11.0 Å². The van der Waals surface area contributed by atoms with Crippen molar-refractivity contribution in [1.82, 2.24) is 20.5 Å². The highest BCUT2D eigenvalue weighted by Gasteiger charge is 2.44. The number of hydrogen-bond acceptors (Lipinski definition) is 7. The maximum Gasteiger partial charge on any atom is 0.408 e. The van der Waals surface area contributed by atoms with E-state index in [2.05, 4.69) is 23.3 Å². The smallest absolute Gasteiger partial charge is 0.408 e. The van der Waals surface area contributed by atoms with Gasteiger partial charge < -0.3 is 30.1 Å². The normalized spacial score (nSPS) is 24.7. The van der Waals surface area contributed by atoms with Gasteiger partial charge in [-0.05, 0) is 49.8 Å². The number of nitrogens with one attached hydrogen (secondary N) is 2. The number of fused-ring (bicyclic) bond motifs is 4. The van der Waals surface area contributed by atoms with Gasteiger partial charge in [-0.2, -0.15) is 0 Å². The van der Waals surface area contributed by atoms with Gasteiger partial charge in [0.25, 0.3) is 0 Å². The van der Waals surface area contributed by atoms with Crippen molar-refractivity contribution in [2.45, 2.75) is 88.6 Å². The Bertz CT molecular complexity index is 1780. The summed E-state index contributed by atoms with van der Waals surface area (Å²) in [5.74, 6) is -1.70. The lowest BCUT2D eigenvalue weighted by Gasteiger charge is -2.29. The van der Waals surface area contributed by atoms with Crippen LogP contribution in [-0.2, 0) is 19.1 Å². The summed E-state index contributed by atoms with van der Waals surface area (Å²) in [5.41, 5.74) is 3.27. The molecule has 3 heterocycles. The lowest BCUT2D eigenvalue weighted by atomic mass is 10.0. The molecule has 1 aromatic heterocycles. The van der Waals surface area contributed by atoms with E-state index in [9.17, 15) is 24.3 Å². The number of rotatable bonds is 9. The Labute approximate surface area is 291 Å². The number of carbonyl (C=O) groups is 4. The highest BCUT2D eigenvalue weighted by molar-refractivity contribution is 5.94. The van der Waals surface area contributed by atoms with E-state index >= 15 is 0 Å². The summed E-state index contributed by atoms with van der Waals surface area (Å²) in [6.07, 6.45) is 8.29. The van der Waals surface area contributed by atoms with Crippen molar-refractivity contribution in [3.05, 3.63) is 78.9 Å². The average molecular weight is 681 g/mol. The number of nitrogens with zero attached hydrogens (tertiary/aromatic N) is 2. The molecule has 4 bridgehead atoms.